The molecule has 1 N–H and O–H groups in total. The molecule has 0 radical (unpaired) electrons. The van der Waals surface area contributed by atoms with E-state index < -0.39 is 0 Å². The molecule has 0 amide bonds. The van der Waals surface area contributed by atoms with Crippen molar-refractivity contribution in [1.82, 2.24) is 0 Å². The van der Waals surface area contributed by atoms with Crippen molar-refractivity contribution in [3.8, 4) is 11.5 Å². The first kappa shape index (κ1) is 14.3. The summed E-state index contributed by atoms with van der Waals surface area (Å²) in [6.45, 7) is 1.62. The Labute approximate surface area is 119 Å². The van der Waals surface area contributed by atoms with Crippen molar-refractivity contribution in [2.24, 2.45) is 0 Å². The fourth-order valence-corrected chi connectivity index (χ4v) is 2.43. The zero-order chi connectivity index (χ0) is 13.7. The van der Waals surface area contributed by atoms with Crippen molar-refractivity contribution in [3.05, 3.63) is 17.2 Å². The number of rotatable bonds is 5. The van der Waals surface area contributed by atoms with Gasteiger partial charge in [-0.3, -0.25) is 0 Å². The van der Waals surface area contributed by atoms with E-state index in [9.17, 15) is 0 Å². The quantitative estimate of drug-likeness (QED) is 0.901. The van der Waals surface area contributed by atoms with Crippen LogP contribution in [-0.2, 0) is 4.74 Å². The Balaban J connectivity index is 2.04. The number of hydrogen-bond donors (Lipinski definition) is 1. The van der Waals surface area contributed by atoms with Gasteiger partial charge in [0.25, 0.3) is 0 Å². The Morgan fingerprint density at radius 2 is 2.05 bits per heavy atom. The van der Waals surface area contributed by atoms with E-state index in [-0.39, 0.29) is 6.10 Å². The average molecular weight is 286 g/mol. The van der Waals surface area contributed by atoms with Crippen LogP contribution in [0.5, 0.6) is 11.5 Å². The second-order valence-corrected chi connectivity index (χ2v) is 4.96. The summed E-state index contributed by atoms with van der Waals surface area (Å²) in [4.78, 5) is 0. The molecular weight excluding hydrogens is 266 g/mol. The normalized spacial score (nSPS) is 19.0. The van der Waals surface area contributed by atoms with Gasteiger partial charge in [-0.1, -0.05) is 11.6 Å². The van der Waals surface area contributed by atoms with Crippen LogP contribution in [0.4, 0.5) is 5.69 Å². The number of hydrogen-bond acceptors (Lipinski definition) is 4. The van der Waals surface area contributed by atoms with Crippen LogP contribution in [0.15, 0.2) is 12.1 Å². The minimum atomic E-state index is 0.263. The maximum atomic E-state index is 6.13. The van der Waals surface area contributed by atoms with Gasteiger partial charge in [-0.15, -0.1) is 0 Å². The van der Waals surface area contributed by atoms with E-state index in [0.29, 0.717) is 10.8 Å². The number of ether oxygens (including phenoxy) is 3. The fourth-order valence-electron chi connectivity index (χ4n) is 2.19. The average Bonchev–Trinajstić information content (AvgIpc) is 2.46. The zero-order valence-electron chi connectivity index (χ0n) is 11.4. The van der Waals surface area contributed by atoms with Crippen molar-refractivity contribution in [2.45, 2.75) is 25.4 Å². The highest BCUT2D eigenvalue weighted by Gasteiger charge is 2.15. The molecular formula is C14H20ClNO3. The van der Waals surface area contributed by atoms with Crippen LogP contribution in [0.3, 0.4) is 0 Å². The number of anilines is 1. The molecule has 5 heteroatoms. The standard InChI is InChI=1S/C14H20ClNO3/c1-17-13-8-14(18-2)12(7-11(13)15)16-9-10-5-3-4-6-19-10/h7-8,10,16H,3-6,9H2,1-2H3. The highest BCUT2D eigenvalue weighted by Crippen LogP contribution is 2.35. The van der Waals surface area contributed by atoms with Crippen LogP contribution in [0.1, 0.15) is 19.3 Å². The SMILES string of the molecule is COc1cc(OC)c(NCC2CCCCO2)cc1Cl. The largest absolute Gasteiger partial charge is 0.495 e. The molecule has 1 aliphatic heterocycles. The van der Waals surface area contributed by atoms with E-state index in [4.69, 9.17) is 25.8 Å². The first-order valence-corrected chi connectivity index (χ1v) is 6.89. The molecule has 1 aliphatic rings. The molecule has 1 atom stereocenters. The molecule has 1 fully saturated rings. The summed E-state index contributed by atoms with van der Waals surface area (Å²) in [5, 5.41) is 3.90. The second kappa shape index (κ2) is 6.87. The lowest BCUT2D eigenvalue weighted by Crippen LogP contribution is -2.27. The lowest BCUT2D eigenvalue weighted by atomic mass is 10.1. The zero-order valence-corrected chi connectivity index (χ0v) is 12.1. The molecule has 1 aromatic rings. The number of methoxy groups -OCH3 is 2. The summed E-state index contributed by atoms with van der Waals surface area (Å²) in [6.07, 6.45) is 3.75. The first-order chi connectivity index (χ1) is 9.24. The lowest BCUT2D eigenvalue weighted by molar-refractivity contribution is 0.0247. The van der Waals surface area contributed by atoms with E-state index >= 15 is 0 Å². The molecule has 4 nitrogen and oxygen atoms in total. The fraction of sp³-hybridized carbons (Fsp3) is 0.571. The summed E-state index contributed by atoms with van der Waals surface area (Å²) in [6, 6.07) is 3.61. The van der Waals surface area contributed by atoms with Gasteiger partial charge in [-0.2, -0.15) is 0 Å². The highest BCUT2D eigenvalue weighted by atomic mass is 35.5. The third-order valence-electron chi connectivity index (χ3n) is 3.27. The molecule has 1 saturated heterocycles. The topological polar surface area (TPSA) is 39.7 Å². The Hall–Kier alpha value is -1.13. The molecule has 0 aliphatic carbocycles. The molecule has 0 spiro atoms. The van der Waals surface area contributed by atoms with Gasteiger partial charge in [0, 0.05) is 19.2 Å². The predicted molar refractivity (Wildman–Crippen MR) is 76.6 cm³/mol. The number of halogens is 1. The Morgan fingerprint density at radius 1 is 1.26 bits per heavy atom. The van der Waals surface area contributed by atoms with E-state index in [2.05, 4.69) is 5.32 Å². The van der Waals surface area contributed by atoms with Crippen LogP contribution in [0.25, 0.3) is 0 Å². The lowest BCUT2D eigenvalue weighted by Gasteiger charge is -2.24. The van der Waals surface area contributed by atoms with Gasteiger partial charge in [0.1, 0.15) is 11.5 Å². The van der Waals surface area contributed by atoms with Crippen molar-refractivity contribution in [3.63, 3.8) is 0 Å². The van der Waals surface area contributed by atoms with Gasteiger partial charge in [-0.25, -0.2) is 0 Å². The van der Waals surface area contributed by atoms with Gasteiger partial charge >= 0.3 is 0 Å². The molecule has 2 rings (SSSR count). The monoisotopic (exact) mass is 285 g/mol. The van der Waals surface area contributed by atoms with E-state index in [0.717, 1.165) is 37.4 Å². The van der Waals surface area contributed by atoms with E-state index in [1.54, 1.807) is 20.3 Å². The van der Waals surface area contributed by atoms with Crippen molar-refractivity contribution in [2.75, 3.05) is 32.7 Å². The number of benzene rings is 1. The maximum Gasteiger partial charge on any atom is 0.145 e. The molecule has 1 heterocycles. The minimum absolute atomic E-state index is 0.263. The van der Waals surface area contributed by atoms with Crippen molar-refractivity contribution < 1.29 is 14.2 Å². The van der Waals surface area contributed by atoms with E-state index in [1.807, 2.05) is 6.07 Å². The van der Waals surface area contributed by atoms with Gasteiger partial charge in [-0.05, 0) is 25.3 Å². The van der Waals surface area contributed by atoms with Crippen LogP contribution in [-0.4, -0.2) is 33.5 Å². The number of nitrogens with one attached hydrogen (secondary N) is 1. The van der Waals surface area contributed by atoms with Gasteiger partial charge in [0.2, 0.25) is 0 Å². The van der Waals surface area contributed by atoms with Crippen molar-refractivity contribution >= 4 is 17.3 Å². The van der Waals surface area contributed by atoms with Crippen LogP contribution < -0.4 is 14.8 Å². The summed E-state index contributed by atoms with van der Waals surface area (Å²) in [5.74, 6) is 1.33. The summed E-state index contributed by atoms with van der Waals surface area (Å²) < 4.78 is 16.2. The van der Waals surface area contributed by atoms with Gasteiger partial charge in [0.15, 0.2) is 0 Å². The first-order valence-electron chi connectivity index (χ1n) is 6.51. The van der Waals surface area contributed by atoms with E-state index in [1.165, 1.54) is 6.42 Å². The molecule has 1 aromatic carbocycles. The molecule has 0 bridgehead atoms. The summed E-state index contributed by atoms with van der Waals surface area (Å²) in [7, 11) is 3.22. The molecule has 19 heavy (non-hydrogen) atoms. The van der Waals surface area contributed by atoms with Crippen LogP contribution in [0, 0.1) is 0 Å². The van der Waals surface area contributed by atoms with Gasteiger partial charge < -0.3 is 19.5 Å². The highest BCUT2D eigenvalue weighted by molar-refractivity contribution is 6.32. The summed E-state index contributed by atoms with van der Waals surface area (Å²) in [5.41, 5.74) is 0.863. The Bertz CT molecular complexity index is 419. The Kier molecular flexibility index (Phi) is 5.16. The third-order valence-corrected chi connectivity index (χ3v) is 3.56. The van der Waals surface area contributed by atoms with Crippen LogP contribution >= 0.6 is 11.6 Å². The summed E-state index contributed by atoms with van der Waals surface area (Å²) >= 11 is 6.13. The predicted octanol–water partition coefficient (Wildman–Crippen LogP) is 3.34. The second-order valence-electron chi connectivity index (χ2n) is 4.56. The smallest absolute Gasteiger partial charge is 0.145 e. The minimum Gasteiger partial charge on any atom is -0.495 e. The molecule has 0 aromatic heterocycles. The van der Waals surface area contributed by atoms with Crippen molar-refractivity contribution in [1.29, 1.82) is 0 Å². The molecule has 106 valence electrons. The third kappa shape index (κ3) is 3.67. The Morgan fingerprint density at radius 3 is 2.68 bits per heavy atom. The molecule has 0 saturated carbocycles. The van der Waals surface area contributed by atoms with Gasteiger partial charge in [0.05, 0.1) is 31.0 Å². The van der Waals surface area contributed by atoms with Crippen LogP contribution in [0.2, 0.25) is 5.02 Å². The maximum absolute atomic E-state index is 6.13. The molecule has 1 unspecified atom stereocenters.